The van der Waals surface area contributed by atoms with Crippen molar-refractivity contribution in [1.82, 2.24) is 0 Å². The van der Waals surface area contributed by atoms with E-state index >= 15 is 0 Å². The van der Waals surface area contributed by atoms with Crippen LogP contribution in [0.2, 0.25) is 0 Å². The summed E-state index contributed by atoms with van der Waals surface area (Å²) in [6.45, 7) is 4.18. The number of ether oxygens (including phenoxy) is 1. The summed E-state index contributed by atoms with van der Waals surface area (Å²) in [5, 5.41) is 11.1. The van der Waals surface area contributed by atoms with Crippen LogP contribution in [0.4, 0.5) is 5.69 Å². The van der Waals surface area contributed by atoms with E-state index in [2.05, 4.69) is 17.9 Å². The second kappa shape index (κ2) is 11.9. The zero-order valence-corrected chi connectivity index (χ0v) is 22.2. The molecule has 37 heavy (non-hydrogen) atoms. The van der Waals surface area contributed by atoms with Gasteiger partial charge in [-0.1, -0.05) is 73.5 Å². The van der Waals surface area contributed by atoms with Gasteiger partial charge in [0.2, 0.25) is 0 Å². The quantitative estimate of drug-likeness (QED) is 0.249. The second-order valence-electron chi connectivity index (χ2n) is 8.90. The number of carbonyl (C=O) groups is 1. The molecule has 0 amide bonds. The van der Waals surface area contributed by atoms with E-state index in [1.54, 1.807) is 43.1 Å². The van der Waals surface area contributed by atoms with Crippen LogP contribution in [0.25, 0.3) is 0 Å². The molecule has 4 rings (SSSR count). The molecular weight excluding hydrogens is 478 g/mol. The number of hydrogen-bond donors (Lipinski definition) is 1. The topological polar surface area (TPSA) is 79.3 Å². The summed E-state index contributed by atoms with van der Waals surface area (Å²) in [7, 11) is 1.57. The van der Waals surface area contributed by atoms with Crippen LogP contribution in [0.1, 0.15) is 47.3 Å². The maximum absolute atomic E-state index is 14.1. The monoisotopic (exact) mass is 509 g/mol. The lowest BCUT2D eigenvalue weighted by Crippen LogP contribution is -2.37. The first-order chi connectivity index (χ1) is 18.0. The fraction of sp³-hybridized carbons (Fsp3) is 0.226. The summed E-state index contributed by atoms with van der Waals surface area (Å²) in [4.78, 5) is 16.2. The third-order valence-electron chi connectivity index (χ3n) is 6.37. The summed E-state index contributed by atoms with van der Waals surface area (Å²) in [6, 6.07) is 27.0. The van der Waals surface area contributed by atoms with Gasteiger partial charge < -0.3 is 15.4 Å². The van der Waals surface area contributed by atoms with Crippen LogP contribution in [-0.4, -0.2) is 18.6 Å². The number of aryl methyl sites for hydroxylation is 1. The van der Waals surface area contributed by atoms with Gasteiger partial charge in [-0.25, -0.2) is 0 Å². The summed E-state index contributed by atoms with van der Waals surface area (Å²) in [5.41, 5.74) is 11.1. The molecule has 5 nitrogen and oxygen atoms in total. The Bertz CT molecular complexity index is 1370. The highest BCUT2D eigenvalue weighted by Crippen LogP contribution is 2.47. The van der Waals surface area contributed by atoms with Crippen molar-refractivity contribution in [2.24, 2.45) is 5.73 Å². The Morgan fingerprint density at radius 1 is 1.08 bits per heavy atom. The predicted octanol–water partition coefficient (Wildman–Crippen LogP) is 6.93. The van der Waals surface area contributed by atoms with Crippen molar-refractivity contribution in [2.75, 3.05) is 17.8 Å². The number of anilines is 1. The molecule has 0 saturated carbocycles. The van der Waals surface area contributed by atoms with E-state index in [0.717, 1.165) is 40.4 Å². The highest BCUT2D eigenvalue weighted by atomic mass is 32.2. The molecule has 2 N–H and O–H groups in total. The number of benzene rings is 3. The van der Waals surface area contributed by atoms with Crippen molar-refractivity contribution in [3.05, 3.63) is 117 Å². The molecule has 3 aromatic carbocycles. The molecule has 0 radical (unpaired) electrons. The Balaban J connectivity index is 1.99. The molecule has 0 spiro atoms. The lowest BCUT2D eigenvalue weighted by atomic mass is 9.88. The number of carbonyl (C=O) groups excluding carboxylic acids is 1. The van der Waals surface area contributed by atoms with E-state index in [-0.39, 0.29) is 11.5 Å². The third-order valence-corrected chi connectivity index (χ3v) is 7.53. The smallest absolute Gasteiger partial charge is 0.197 e. The first kappa shape index (κ1) is 26.1. The maximum Gasteiger partial charge on any atom is 0.197 e. The molecule has 1 heterocycles. The number of rotatable bonds is 9. The first-order valence-corrected chi connectivity index (χ1v) is 13.4. The van der Waals surface area contributed by atoms with E-state index in [9.17, 15) is 10.1 Å². The maximum atomic E-state index is 14.1. The number of allylic oxidation sites excluding steroid dienone is 1. The van der Waals surface area contributed by atoms with Crippen molar-refractivity contribution in [1.29, 1.82) is 5.26 Å². The fourth-order valence-corrected chi connectivity index (χ4v) is 5.71. The Morgan fingerprint density at radius 3 is 2.46 bits per heavy atom. The van der Waals surface area contributed by atoms with Gasteiger partial charge in [0.25, 0.3) is 0 Å². The summed E-state index contributed by atoms with van der Waals surface area (Å²) in [6.07, 6.45) is 2.02. The van der Waals surface area contributed by atoms with Crippen LogP contribution in [0, 0.1) is 18.3 Å². The zero-order chi connectivity index (χ0) is 26.4. The van der Waals surface area contributed by atoms with Gasteiger partial charge in [0.15, 0.2) is 5.78 Å². The molecule has 1 atom stereocenters. The normalized spacial score (nSPS) is 15.5. The number of unbranched alkanes of at least 4 members (excludes halogenated alkanes) is 1. The predicted molar refractivity (Wildman–Crippen MR) is 151 cm³/mol. The van der Waals surface area contributed by atoms with Crippen LogP contribution in [-0.2, 0) is 0 Å². The molecule has 0 fully saturated rings. The number of hydrogen-bond acceptors (Lipinski definition) is 6. The SMILES string of the molecule is CCCCSC1=C(C(=O)c2cccc(OC)c2)C(N)=C(C#N)C(c2ccc(C)cc2)N1c1ccccc1. The number of methoxy groups -OCH3 is 1. The highest BCUT2D eigenvalue weighted by molar-refractivity contribution is 8.03. The number of Topliss-reactive ketones (excluding diaryl/α,β-unsaturated/α-hetero) is 1. The minimum Gasteiger partial charge on any atom is -0.497 e. The van der Waals surface area contributed by atoms with E-state index in [4.69, 9.17) is 10.5 Å². The van der Waals surface area contributed by atoms with Crippen LogP contribution in [0.5, 0.6) is 5.75 Å². The average molecular weight is 510 g/mol. The van der Waals surface area contributed by atoms with Gasteiger partial charge in [-0.2, -0.15) is 5.26 Å². The first-order valence-electron chi connectivity index (χ1n) is 12.4. The Morgan fingerprint density at radius 2 is 1.81 bits per heavy atom. The van der Waals surface area contributed by atoms with Gasteiger partial charge in [0, 0.05) is 11.3 Å². The molecule has 0 saturated heterocycles. The number of ketones is 1. The van der Waals surface area contributed by atoms with Gasteiger partial charge in [0.1, 0.15) is 5.75 Å². The standard InChI is InChI=1S/C31H31N3O2S/c1-4-5-18-37-31-27(30(35)23-10-9-13-25(19-23)36-3)28(33)26(20-32)29(22-16-14-21(2)15-17-22)34(31)24-11-7-6-8-12-24/h6-17,19,29H,4-5,18,33H2,1-3H3. The van der Waals surface area contributed by atoms with E-state index in [0.29, 0.717) is 22.5 Å². The lowest BCUT2D eigenvalue weighted by Gasteiger charge is -2.40. The molecule has 6 heteroatoms. The zero-order valence-electron chi connectivity index (χ0n) is 21.4. The number of thioether (sulfide) groups is 1. The number of nitriles is 1. The highest BCUT2D eigenvalue weighted by Gasteiger charge is 2.39. The van der Waals surface area contributed by atoms with Gasteiger partial charge in [-0.3, -0.25) is 4.79 Å². The van der Waals surface area contributed by atoms with Crippen molar-refractivity contribution in [3.63, 3.8) is 0 Å². The summed E-state index contributed by atoms with van der Waals surface area (Å²) >= 11 is 1.61. The lowest BCUT2D eigenvalue weighted by molar-refractivity contribution is 0.103. The molecule has 3 aromatic rings. The largest absolute Gasteiger partial charge is 0.497 e. The molecule has 188 valence electrons. The molecule has 0 aliphatic carbocycles. The molecule has 1 unspecified atom stereocenters. The van der Waals surface area contributed by atoms with Gasteiger partial charge >= 0.3 is 0 Å². The van der Waals surface area contributed by atoms with Crippen LogP contribution < -0.4 is 15.4 Å². The van der Waals surface area contributed by atoms with Crippen molar-refractivity contribution >= 4 is 23.2 Å². The molecular formula is C31H31N3O2S. The number of nitrogens with two attached hydrogens (primary N) is 1. The number of nitrogens with zero attached hydrogens (tertiary/aromatic N) is 2. The average Bonchev–Trinajstić information content (AvgIpc) is 2.93. The molecule has 1 aliphatic heterocycles. The van der Waals surface area contributed by atoms with Crippen LogP contribution in [0.15, 0.2) is 101 Å². The second-order valence-corrected chi connectivity index (χ2v) is 9.98. The Labute approximate surface area is 223 Å². The summed E-state index contributed by atoms with van der Waals surface area (Å²) < 4.78 is 5.36. The minimum atomic E-state index is -0.459. The minimum absolute atomic E-state index is 0.229. The fourth-order valence-electron chi connectivity index (χ4n) is 4.39. The van der Waals surface area contributed by atoms with Gasteiger partial charge in [-0.05, 0) is 48.9 Å². The van der Waals surface area contributed by atoms with Crippen molar-refractivity contribution in [2.45, 2.75) is 32.7 Å². The Kier molecular flexibility index (Phi) is 8.37. The van der Waals surface area contributed by atoms with Gasteiger partial charge in [0.05, 0.1) is 41.1 Å². The molecule has 0 bridgehead atoms. The summed E-state index contributed by atoms with van der Waals surface area (Å²) in [5.74, 6) is 1.18. The van der Waals surface area contributed by atoms with Crippen molar-refractivity contribution in [3.8, 4) is 11.8 Å². The van der Waals surface area contributed by atoms with Crippen molar-refractivity contribution < 1.29 is 9.53 Å². The third kappa shape index (κ3) is 5.42. The number of para-hydroxylation sites is 1. The van der Waals surface area contributed by atoms with Crippen LogP contribution in [0.3, 0.4) is 0 Å². The van der Waals surface area contributed by atoms with E-state index < -0.39 is 6.04 Å². The van der Waals surface area contributed by atoms with Gasteiger partial charge in [-0.15, -0.1) is 11.8 Å². The Hall–Kier alpha value is -3.95. The van der Waals surface area contributed by atoms with Crippen LogP contribution >= 0.6 is 11.8 Å². The molecule has 1 aliphatic rings. The van der Waals surface area contributed by atoms with E-state index in [1.807, 2.05) is 61.5 Å². The molecule has 0 aromatic heterocycles. The van der Waals surface area contributed by atoms with E-state index in [1.165, 1.54) is 0 Å².